The maximum atomic E-state index is 4.43. The number of aryl methyl sites for hydroxylation is 2. The monoisotopic (exact) mass is 254 g/mol. The van der Waals surface area contributed by atoms with E-state index in [0.29, 0.717) is 5.65 Å². The number of fused-ring (bicyclic) bond motifs is 1. The predicted octanol–water partition coefficient (Wildman–Crippen LogP) is 2.06. The number of aromatic nitrogens is 5. The fourth-order valence-electron chi connectivity index (χ4n) is 1.96. The van der Waals surface area contributed by atoms with E-state index < -0.39 is 0 Å². The van der Waals surface area contributed by atoms with Crippen LogP contribution in [0.3, 0.4) is 0 Å². The average molecular weight is 254 g/mol. The summed E-state index contributed by atoms with van der Waals surface area (Å²) in [4.78, 5) is 12.8. The lowest BCUT2D eigenvalue weighted by molar-refractivity contribution is 0.746. The first-order chi connectivity index (χ1) is 9.26. The molecule has 0 bridgehead atoms. The van der Waals surface area contributed by atoms with Gasteiger partial charge in [-0.05, 0) is 18.6 Å². The summed E-state index contributed by atoms with van der Waals surface area (Å²) in [6, 6.07) is 3.79. The van der Waals surface area contributed by atoms with Gasteiger partial charge in [-0.15, -0.1) is 0 Å². The Hall–Kier alpha value is -2.50. The highest BCUT2D eigenvalue weighted by Gasteiger charge is 2.07. The molecule has 19 heavy (non-hydrogen) atoms. The van der Waals surface area contributed by atoms with Crippen molar-refractivity contribution in [1.29, 1.82) is 0 Å². The number of nitrogens with zero attached hydrogens (tertiary/aromatic N) is 5. The molecule has 0 aliphatic carbocycles. The average Bonchev–Trinajstić information content (AvgIpc) is 2.78. The molecule has 3 aromatic heterocycles. The highest BCUT2D eigenvalue weighted by molar-refractivity contribution is 5.73. The fraction of sp³-hybridized carbons (Fsp3) is 0.231. The van der Waals surface area contributed by atoms with E-state index in [1.807, 2.05) is 25.4 Å². The number of pyridine rings is 1. The SMILES string of the molecule is CCc1nn(C)cc1Nc1ccc2nccnc2n1. The van der Waals surface area contributed by atoms with Gasteiger partial charge < -0.3 is 5.32 Å². The van der Waals surface area contributed by atoms with E-state index in [9.17, 15) is 0 Å². The van der Waals surface area contributed by atoms with Gasteiger partial charge in [-0.3, -0.25) is 9.67 Å². The zero-order chi connectivity index (χ0) is 13.2. The molecule has 0 radical (unpaired) electrons. The first-order valence-electron chi connectivity index (χ1n) is 6.13. The fourth-order valence-corrected chi connectivity index (χ4v) is 1.96. The number of hydrogen-bond donors (Lipinski definition) is 1. The van der Waals surface area contributed by atoms with Gasteiger partial charge in [0.2, 0.25) is 0 Å². The van der Waals surface area contributed by atoms with Crippen LogP contribution < -0.4 is 5.32 Å². The van der Waals surface area contributed by atoms with Crippen molar-refractivity contribution in [2.45, 2.75) is 13.3 Å². The van der Waals surface area contributed by atoms with Crippen LogP contribution in [0.1, 0.15) is 12.6 Å². The first-order valence-corrected chi connectivity index (χ1v) is 6.13. The van der Waals surface area contributed by atoms with Crippen LogP contribution in [0.25, 0.3) is 11.2 Å². The van der Waals surface area contributed by atoms with E-state index >= 15 is 0 Å². The Bertz CT molecular complexity index is 718. The largest absolute Gasteiger partial charge is 0.337 e. The molecule has 6 heteroatoms. The quantitative estimate of drug-likeness (QED) is 0.774. The Morgan fingerprint density at radius 2 is 2.05 bits per heavy atom. The van der Waals surface area contributed by atoms with Crippen molar-refractivity contribution in [2.75, 3.05) is 5.32 Å². The number of anilines is 2. The summed E-state index contributed by atoms with van der Waals surface area (Å²) in [6.45, 7) is 2.08. The highest BCUT2D eigenvalue weighted by atomic mass is 15.3. The third kappa shape index (κ3) is 2.24. The van der Waals surface area contributed by atoms with Crippen molar-refractivity contribution in [2.24, 2.45) is 7.05 Å². The first kappa shape index (κ1) is 11.6. The van der Waals surface area contributed by atoms with Gasteiger partial charge in [0.05, 0.1) is 11.4 Å². The van der Waals surface area contributed by atoms with Crippen LogP contribution in [-0.2, 0) is 13.5 Å². The van der Waals surface area contributed by atoms with E-state index in [0.717, 1.165) is 29.1 Å². The van der Waals surface area contributed by atoms with Gasteiger partial charge in [-0.25, -0.2) is 9.97 Å². The highest BCUT2D eigenvalue weighted by Crippen LogP contribution is 2.20. The number of rotatable bonds is 3. The summed E-state index contributed by atoms with van der Waals surface area (Å²) in [6.07, 6.45) is 6.12. The number of hydrogen-bond acceptors (Lipinski definition) is 5. The van der Waals surface area contributed by atoms with Crippen LogP contribution >= 0.6 is 0 Å². The maximum absolute atomic E-state index is 4.43. The normalized spacial score (nSPS) is 10.8. The second-order valence-corrected chi connectivity index (χ2v) is 4.24. The van der Waals surface area contributed by atoms with Gasteiger partial charge in [-0.2, -0.15) is 5.10 Å². The van der Waals surface area contributed by atoms with Gasteiger partial charge in [-0.1, -0.05) is 6.92 Å². The summed E-state index contributed by atoms with van der Waals surface area (Å²) < 4.78 is 1.79. The van der Waals surface area contributed by atoms with Crippen LogP contribution in [0.15, 0.2) is 30.7 Å². The summed E-state index contributed by atoms with van der Waals surface area (Å²) in [5.74, 6) is 0.746. The minimum atomic E-state index is 0.634. The van der Waals surface area contributed by atoms with Crippen molar-refractivity contribution in [1.82, 2.24) is 24.7 Å². The molecule has 0 atom stereocenters. The molecule has 3 rings (SSSR count). The van der Waals surface area contributed by atoms with Crippen LogP contribution in [0.2, 0.25) is 0 Å². The van der Waals surface area contributed by atoms with Gasteiger partial charge in [0, 0.05) is 25.6 Å². The Balaban J connectivity index is 1.96. The molecule has 0 aromatic carbocycles. The molecule has 3 aromatic rings. The Morgan fingerprint density at radius 3 is 2.89 bits per heavy atom. The molecular weight excluding hydrogens is 240 g/mol. The van der Waals surface area contributed by atoms with Crippen LogP contribution in [0.4, 0.5) is 11.5 Å². The number of nitrogens with one attached hydrogen (secondary N) is 1. The zero-order valence-corrected chi connectivity index (χ0v) is 10.8. The summed E-state index contributed by atoms with van der Waals surface area (Å²) in [5.41, 5.74) is 3.41. The molecule has 0 unspecified atom stereocenters. The molecule has 96 valence electrons. The van der Waals surface area contributed by atoms with Crippen molar-refractivity contribution in [3.63, 3.8) is 0 Å². The molecule has 1 N–H and O–H groups in total. The summed E-state index contributed by atoms with van der Waals surface area (Å²) in [5, 5.41) is 7.66. The zero-order valence-electron chi connectivity index (χ0n) is 10.8. The van der Waals surface area contributed by atoms with Crippen LogP contribution in [0, 0.1) is 0 Å². The minimum absolute atomic E-state index is 0.634. The van der Waals surface area contributed by atoms with Gasteiger partial charge in [0.25, 0.3) is 0 Å². The van der Waals surface area contributed by atoms with Crippen molar-refractivity contribution in [3.8, 4) is 0 Å². The van der Waals surface area contributed by atoms with Crippen LogP contribution in [-0.4, -0.2) is 24.7 Å². The maximum Gasteiger partial charge on any atom is 0.180 e. The smallest absolute Gasteiger partial charge is 0.180 e. The summed E-state index contributed by atoms with van der Waals surface area (Å²) >= 11 is 0. The third-order valence-electron chi connectivity index (χ3n) is 2.83. The molecular formula is C13H14N6. The lowest BCUT2D eigenvalue weighted by Gasteiger charge is -2.05. The molecule has 0 saturated heterocycles. The second-order valence-electron chi connectivity index (χ2n) is 4.24. The van der Waals surface area contributed by atoms with E-state index in [2.05, 4.69) is 32.3 Å². The van der Waals surface area contributed by atoms with Gasteiger partial charge >= 0.3 is 0 Å². The van der Waals surface area contributed by atoms with E-state index in [-0.39, 0.29) is 0 Å². The second kappa shape index (κ2) is 4.64. The predicted molar refractivity (Wildman–Crippen MR) is 73.2 cm³/mol. The van der Waals surface area contributed by atoms with E-state index in [4.69, 9.17) is 0 Å². The van der Waals surface area contributed by atoms with Crippen molar-refractivity contribution in [3.05, 3.63) is 36.4 Å². The minimum Gasteiger partial charge on any atom is -0.337 e. The Labute approximate surface area is 110 Å². The lowest BCUT2D eigenvalue weighted by Crippen LogP contribution is -1.97. The van der Waals surface area contributed by atoms with E-state index in [1.54, 1.807) is 17.1 Å². The third-order valence-corrected chi connectivity index (χ3v) is 2.83. The molecule has 3 heterocycles. The Kier molecular flexibility index (Phi) is 2.83. The van der Waals surface area contributed by atoms with Crippen molar-refractivity contribution < 1.29 is 0 Å². The van der Waals surface area contributed by atoms with Gasteiger partial charge in [0.1, 0.15) is 11.3 Å². The van der Waals surface area contributed by atoms with Crippen molar-refractivity contribution >= 4 is 22.7 Å². The molecule has 0 aliphatic rings. The molecule has 0 spiro atoms. The van der Waals surface area contributed by atoms with Crippen LogP contribution in [0.5, 0.6) is 0 Å². The molecule has 0 fully saturated rings. The lowest BCUT2D eigenvalue weighted by atomic mass is 10.3. The van der Waals surface area contributed by atoms with Gasteiger partial charge in [0.15, 0.2) is 5.65 Å². The molecule has 0 aliphatic heterocycles. The topological polar surface area (TPSA) is 68.5 Å². The molecule has 0 saturated carbocycles. The molecule has 0 amide bonds. The Morgan fingerprint density at radius 1 is 1.21 bits per heavy atom. The standard InChI is InChI=1S/C13H14N6/c1-3-9-11(8-19(2)18-9)16-12-5-4-10-13(17-12)15-7-6-14-10/h4-8H,3H2,1-2H3,(H,15,16,17). The summed E-state index contributed by atoms with van der Waals surface area (Å²) in [7, 11) is 1.91. The van der Waals surface area contributed by atoms with E-state index in [1.165, 1.54) is 0 Å². The molecule has 6 nitrogen and oxygen atoms in total.